The highest BCUT2D eigenvalue weighted by molar-refractivity contribution is 5.97. The maximum absolute atomic E-state index is 11.1. The van der Waals surface area contributed by atoms with Crippen LogP contribution in [0.5, 0.6) is 0 Å². The third-order valence-electron chi connectivity index (χ3n) is 4.02. The SMILES string of the molecule is CCOC(=O)/C=C/c1ccc2c(c1)nnn2C.Cc1cccc(C(N)=O)c1[N+](=O)[O-]. The Balaban J connectivity index is 0.000000222. The summed E-state index contributed by atoms with van der Waals surface area (Å²) in [5, 5.41) is 18.5. The zero-order valence-electron chi connectivity index (χ0n) is 16.7. The average molecular weight is 411 g/mol. The Morgan fingerprint density at radius 2 is 2.03 bits per heavy atom. The Labute approximate surface area is 172 Å². The number of nitro benzene ring substituents is 1. The zero-order chi connectivity index (χ0) is 22.3. The molecule has 2 aromatic carbocycles. The van der Waals surface area contributed by atoms with Crippen LogP contribution in [0.1, 0.15) is 28.4 Å². The number of carbonyl (C=O) groups is 2. The predicted molar refractivity (Wildman–Crippen MR) is 111 cm³/mol. The van der Waals surface area contributed by atoms with E-state index in [9.17, 15) is 19.7 Å². The fourth-order valence-electron chi connectivity index (χ4n) is 2.62. The minimum atomic E-state index is -0.782. The molecule has 0 unspecified atom stereocenters. The minimum Gasteiger partial charge on any atom is -0.463 e. The van der Waals surface area contributed by atoms with E-state index in [0.29, 0.717) is 12.2 Å². The van der Waals surface area contributed by atoms with Gasteiger partial charge in [0, 0.05) is 18.7 Å². The van der Waals surface area contributed by atoms with Crippen LogP contribution < -0.4 is 5.73 Å². The third kappa shape index (κ3) is 5.47. The summed E-state index contributed by atoms with van der Waals surface area (Å²) in [6, 6.07) is 10.2. The fraction of sp³-hybridized carbons (Fsp3) is 0.200. The van der Waals surface area contributed by atoms with E-state index < -0.39 is 10.8 Å². The number of para-hydroxylation sites is 1. The Morgan fingerprint density at radius 3 is 2.63 bits per heavy atom. The number of amides is 1. The van der Waals surface area contributed by atoms with Gasteiger partial charge in [-0.3, -0.25) is 14.9 Å². The van der Waals surface area contributed by atoms with Gasteiger partial charge in [-0.05, 0) is 43.7 Å². The number of nitrogens with two attached hydrogens (primary N) is 1. The molecule has 1 amide bonds. The molecule has 0 bridgehead atoms. The lowest BCUT2D eigenvalue weighted by molar-refractivity contribution is -0.385. The number of fused-ring (bicyclic) bond motifs is 1. The topological polar surface area (TPSA) is 143 Å². The van der Waals surface area contributed by atoms with Crippen LogP contribution in [0.2, 0.25) is 0 Å². The van der Waals surface area contributed by atoms with Gasteiger partial charge in [-0.1, -0.05) is 23.4 Å². The second kappa shape index (κ2) is 9.92. The number of aryl methyl sites for hydroxylation is 2. The highest BCUT2D eigenvalue weighted by Crippen LogP contribution is 2.22. The molecule has 10 nitrogen and oxygen atoms in total. The first kappa shape index (κ1) is 22.2. The van der Waals surface area contributed by atoms with Crippen molar-refractivity contribution >= 4 is 34.7 Å². The van der Waals surface area contributed by atoms with Gasteiger partial charge in [0.05, 0.1) is 17.0 Å². The van der Waals surface area contributed by atoms with Gasteiger partial charge in [0.2, 0.25) is 0 Å². The number of nitro groups is 1. The maximum Gasteiger partial charge on any atom is 0.330 e. The van der Waals surface area contributed by atoms with Gasteiger partial charge in [0.1, 0.15) is 11.1 Å². The molecular weight excluding hydrogens is 390 g/mol. The molecule has 3 aromatic rings. The van der Waals surface area contributed by atoms with Crippen LogP contribution in [0.15, 0.2) is 42.5 Å². The molecule has 0 saturated carbocycles. The van der Waals surface area contributed by atoms with Crippen LogP contribution >= 0.6 is 0 Å². The largest absolute Gasteiger partial charge is 0.463 e. The number of ether oxygens (including phenoxy) is 1. The molecule has 1 aromatic heterocycles. The van der Waals surface area contributed by atoms with Crippen molar-refractivity contribution < 1.29 is 19.2 Å². The number of hydrogen-bond acceptors (Lipinski definition) is 7. The molecule has 10 heteroatoms. The van der Waals surface area contributed by atoms with Crippen LogP contribution in [0, 0.1) is 17.0 Å². The first-order chi connectivity index (χ1) is 14.2. The predicted octanol–water partition coefficient (Wildman–Crippen LogP) is 2.55. The molecule has 1 heterocycles. The first-order valence-corrected chi connectivity index (χ1v) is 8.92. The summed E-state index contributed by atoms with van der Waals surface area (Å²) in [6.45, 7) is 3.72. The quantitative estimate of drug-likeness (QED) is 0.294. The van der Waals surface area contributed by atoms with Crippen molar-refractivity contribution in [1.29, 1.82) is 0 Å². The molecule has 0 saturated heterocycles. The van der Waals surface area contributed by atoms with Crippen LogP contribution in [0.4, 0.5) is 5.69 Å². The second-order valence-electron chi connectivity index (χ2n) is 6.14. The molecule has 0 radical (unpaired) electrons. The summed E-state index contributed by atoms with van der Waals surface area (Å²) in [7, 11) is 1.84. The summed E-state index contributed by atoms with van der Waals surface area (Å²) >= 11 is 0. The number of nitrogens with zero attached hydrogens (tertiary/aromatic N) is 4. The lowest BCUT2D eigenvalue weighted by Gasteiger charge is -2.00. The van der Waals surface area contributed by atoms with Gasteiger partial charge < -0.3 is 10.5 Å². The van der Waals surface area contributed by atoms with E-state index in [4.69, 9.17) is 10.5 Å². The zero-order valence-corrected chi connectivity index (χ0v) is 16.7. The van der Waals surface area contributed by atoms with E-state index in [1.807, 2.05) is 25.2 Å². The van der Waals surface area contributed by atoms with Crippen LogP contribution in [-0.2, 0) is 16.6 Å². The molecule has 2 N–H and O–H groups in total. The van der Waals surface area contributed by atoms with E-state index in [1.54, 1.807) is 36.7 Å². The number of hydrogen-bond donors (Lipinski definition) is 1. The number of carbonyl (C=O) groups excluding carboxylic acids is 2. The Hall–Kier alpha value is -4.08. The summed E-state index contributed by atoms with van der Waals surface area (Å²) < 4.78 is 6.50. The Morgan fingerprint density at radius 1 is 1.30 bits per heavy atom. The molecule has 0 spiro atoms. The molecule has 30 heavy (non-hydrogen) atoms. The van der Waals surface area contributed by atoms with Gasteiger partial charge in [0.15, 0.2) is 0 Å². The lowest BCUT2D eigenvalue weighted by Crippen LogP contribution is -2.13. The standard InChI is InChI=1S/C12H13N3O2.C8H8N2O3/c1-3-17-12(16)7-5-9-4-6-11-10(8-9)13-14-15(11)2;1-5-3-2-4-6(8(9)11)7(5)10(12)13/h4-8H,3H2,1-2H3;2-4H,1H3,(H2,9,11)/b7-5+;. The molecule has 156 valence electrons. The summed E-state index contributed by atoms with van der Waals surface area (Å²) in [4.78, 5) is 31.9. The number of benzene rings is 2. The van der Waals surface area contributed by atoms with Gasteiger partial charge in [-0.25, -0.2) is 9.48 Å². The van der Waals surface area contributed by atoms with E-state index in [-0.39, 0.29) is 17.2 Å². The Bertz CT molecular complexity index is 1120. The number of primary amides is 1. The number of esters is 1. The number of aromatic nitrogens is 3. The van der Waals surface area contributed by atoms with Crippen molar-refractivity contribution in [3.8, 4) is 0 Å². The van der Waals surface area contributed by atoms with Gasteiger partial charge in [-0.15, -0.1) is 5.10 Å². The van der Waals surface area contributed by atoms with Crippen molar-refractivity contribution in [1.82, 2.24) is 15.0 Å². The highest BCUT2D eigenvalue weighted by atomic mass is 16.6. The summed E-state index contributed by atoms with van der Waals surface area (Å²) in [6.07, 6.45) is 3.10. The van der Waals surface area contributed by atoms with Crippen molar-refractivity contribution in [2.45, 2.75) is 13.8 Å². The molecule has 0 aliphatic heterocycles. The van der Waals surface area contributed by atoms with Crippen molar-refractivity contribution in [2.75, 3.05) is 6.61 Å². The van der Waals surface area contributed by atoms with Crippen molar-refractivity contribution in [3.05, 3.63) is 69.3 Å². The summed E-state index contributed by atoms with van der Waals surface area (Å²) in [5.74, 6) is -1.12. The second-order valence-corrected chi connectivity index (χ2v) is 6.14. The molecule has 0 aliphatic rings. The van der Waals surface area contributed by atoms with E-state index >= 15 is 0 Å². The minimum absolute atomic E-state index is 0.0509. The van der Waals surface area contributed by atoms with Gasteiger partial charge in [-0.2, -0.15) is 0 Å². The lowest BCUT2D eigenvalue weighted by atomic mass is 10.1. The summed E-state index contributed by atoms with van der Waals surface area (Å²) in [5.41, 5.74) is 7.80. The van der Waals surface area contributed by atoms with Crippen molar-refractivity contribution in [2.24, 2.45) is 12.8 Å². The maximum atomic E-state index is 11.1. The molecule has 3 rings (SSSR count). The smallest absolute Gasteiger partial charge is 0.330 e. The van der Waals surface area contributed by atoms with Crippen LogP contribution in [0.25, 0.3) is 17.1 Å². The highest BCUT2D eigenvalue weighted by Gasteiger charge is 2.19. The van der Waals surface area contributed by atoms with Crippen LogP contribution in [0.3, 0.4) is 0 Å². The van der Waals surface area contributed by atoms with Gasteiger partial charge >= 0.3 is 5.97 Å². The normalized spacial score (nSPS) is 10.5. The van der Waals surface area contributed by atoms with Gasteiger partial charge in [0.25, 0.3) is 11.6 Å². The monoisotopic (exact) mass is 411 g/mol. The van der Waals surface area contributed by atoms with E-state index in [0.717, 1.165) is 16.6 Å². The number of rotatable bonds is 5. The van der Waals surface area contributed by atoms with E-state index in [2.05, 4.69) is 10.3 Å². The molecular formula is C20H21N5O5. The Kier molecular flexibility index (Phi) is 7.34. The molecule has 0 atom stereocenters. The first-order valence-electron chi connectivity index (χ1n) is 8.92. The van der Waals surface area contributed by atoms with E-state index in [1.165, 1.54) is 12.1 Å². The molecule has 0 fully saturated rings. The fourth-order valence-corrected chi connectivity index (χ4v) is 2.62. The van der Waals surface area contributed by atoms with Crippen molar-refractivity contribution in [3.63, 3.8) is 0 Å². The molecule has 0 aliphatic carbocycles. The van der Waals surface area contributed by atoms with Crippen LogP contribution in [-0.4, -0.2) is 38.4 Å². The average Bonchev–Trinajstić information content (AvgIpc) is 3.07. The third-order valence-corrected chi connectivity index (χ3v) is 4.02.